The summed E-state index contributed by atoms with van der Waals surface area (Å²) in [5.41, 5.74) is 0. The van der Waals surface area contributed by atoms with Gasteiger partial charge in [-0.05, 0) is 25.7 Å². The van der Waals surface area contributed by atoms with E-state index in [4.69, 9.17) is 4.74 Å². The Labute approximate surface area is 146 Å². The maximum absolute atomic E-state index is 11.7. The highest BCUT2D eigenvalue weighted by Gasteiger charge is 2.03. The zero-order valence-electron chi connectivity index (χ0n) is 15.4. The lowest BCUT2D eigenvalue weighted by Gasteiger charge is -2.03. The Morgan fingerprint density at radius 3 is 1.62 bits per heavy atom. The minimum atomic E-state index is -0.211. The largest absolute Gasteiger partial charge is 0.469 e. The lowest BCUT2D eigenvalue weighted by atomic mass is 10.0. The summed E-state index contributed by atoms with van der Waals surface area (Å²) >= 11 is 0. The third kappa shape index (κ3) is 17.0. The van der Waals surface area contributed by atoms with E-state index >= 15 is 0 Å². The summed E-state index contributed by atoms with van der Waals surface area (Å²) in [4.78, 5) is 33.2. The minimum absolute atomic E-state index is 0.155. The molecule has 0 amide bonds. The molecule has 0 aromatic carbocycles. The van der Waals surface area contributed by atoms with Crippen molar-refractivity contribution in [2.45, 2.75) is 90.4 Å². The topological polar surface area (TPSA) is 69.7 Å². The van der Waals surface area contributed by atoms with Crippen molar-refractivity contribution in [2.24, 2.45) is 0 Å². The molecule has 24 heavy (non-hydrogen) atoms. The lowest BCUT2D eigenvalue weighted by Crippen LogP contribution is -2.00. The summed E-state index contributed by atoms with van der Waals surface area (Å²) in [6, 6.07) is 0. The molecule has 0 aromatic heterocycles. The second kappa shape index (κ2) is 16.5. The number of hydrogen-bond donors (Lipinski definition) is 0. The molecule has 0 N–H and O–H groups in total. The molecule has 0 saturated carbocycles. The molecule has 0 atom stereocenters. The molecule has 5 nitrogen and oxygen atoms in total. The number of methoxy groups -OCH3 is 1. The number of carbonyl (C=O) groups excluding carboxylic acids is 3. The molecule has 0 spiro atoms. The van der Waals surface area contributed by atoms with E-state index < -0.39 is 0 Å². The van der Waals surface area contributed by atoms with Crippen molar-refractivity contribution in [1.29, 1.82) is 0 Å². The van der Waals surface area contributed by atoms with Gasteiger partial charge >= 0.3 is 11.9 Å². The maximum atomic E-state index is 11.7. The van der Waals surface area contributed by atoms with E-state index in [1.54, 1.807) is 0 Å². The van der Waals surface area contributed by atoms with Crippen LogP contribution in [0.4, 0.5) is 0 Å². The van der Waals surface area contributed by atoms with E-state index in [9.17, 15) is 14.4 Å². The summed E-state index contributed by atoms with van der Waals surface area (Å²) < 4.78 is 9.46. The van der Waals surface area contributed by atoms with Gasteiger partial charge in [-0.2, -0.15) is 0 Å². The Balaban J connectivity index is 3.24. The summed E-state index contributed by atoms with van der Waals surface area (Å²) in [7, 11) is 1.41. The van der Waals surface area contributed by atoms with E-state index in [1.165, 1.54) is 14.0 Å². The minimum Gasteiger partial charge on any atom is -0.469 e. The molecule has 0 bridgehead atoms. The molecular formula is C19H34O5. The zero-order chi connectivity index (χ0) is 18.0. The zero-order valence-corrected chi connectivity index (χ0v) is 15.4. The van der Waals surface area contributed by atoms with Crippen LogP contribution in [0.3, 0.4) is 0 Å². The molecule has 0 aliphatic heterocycles. The number of rotatable bonds is 16. The van der Waals surface area contributed by atoms with Crippen molar-refractivity contribution >= 4 is 17.7 Å². The van der Waals surface area contributed by atoms with Gasteiger partial charge in [0.05, 0.1) is 13.7 Å². The Morgan fingerprint density at radius 2 is 1.12 bits per heavy atom. The van der Waals surface area contributed by atoms with E-state index in [1.807, 2.05) is 0 Å². The average molecular weight is 342 g/mol. The predicted molar refractivity (Wildman–Crippen MR) is 93.7 cm³/mol. The van der Waals surface area contributed by atoms with Crippen LogP contribution in [0.15, 0.2) is 0 Å². The second-order valence-corrected chi connectivity index (χ2v) is 6.24. The van der Waals surface area contributed by atoms with Crippen LogP contribution in [0.2, 0.25) is 0 Å². The normalized spacial score (nSPS) is 10.4. The van der Waals surface area contributed by atoms with Gasteiger partial charge in [-0.3, -0.25) is 14.4 Å². The van der Waals surface area contributed by atoms with Gasteiger partial charge in [0.25, 0.3) is 0 Å². The van der Waals surface area contributed by atoms with Crippen LogP contribution in [0.5, 0.6) is 0 Å². The number of Topliss-reactive ketones (excluding diaryl/α,β-unsaturated/α-hetero) is 1. The van der Waals surface area contributed by atoms with Crippen LogP contribution < -0.4 is 0 Å². The summed E-state index contributed by atoms with van der Waals surface area (Å²) in [6.45, 7) is 1.95. The monoisotopic (exact) mass is 342 g/mol. The SMILES string of the molecule is COC(=O)CCCCCCC(=O)CCCCCCCCOC(C)=O. The van der Waals surface area contributed by atoms with Crippen LogP contribution in [0, 0.1) is 0 Å². The van der Waals surface area contributed by atoms with Gasteiger partial charge in [0.15, 0.2) is 0 Å². The molecule has 0 aromatic rings. The highest BCUT2D eigenvalue weighted by atomic mass is 16.5. The van der Waals surface area contributed by atoms with E-state index in [0.29, 0.717) is 31.7 Å². The number of unbranched alkanes of at least 4 members (excludes halogenated alkanes) is 8. The third-order valence-electron chi connectivity index (χ3n) is 3.97. The standard InChI is InChI=1S/C19H34O5/c1-17(20)24-16-12-8-4-3-5-9-13-18(21)14-10-6-7-11-15-19(22)23-2/h3-16H2,1-2H3. The Hall–Kier alpha value is -1.39. The van der Waals surface area contributed by atoms with Crippen LogP contribution >= 0.6 is 0 Å². The molecule has 0 fully saturated rings. The summed E-state index contributed by atoms with van der Waals surface area (Å²) in [5.74, 6) is -0.00717. The van der Waals surface area contributed by atoms with E-state index in [0.717, 1.165) is 64.2 Å². The number of hydrogen-bond acceptors (Lipinski definition) is 5. The fourth-order valence-electron chi connectivity index (χ4n) is 2.52. The van der Waals surface area contributed by atoms with Crippen LogP contribution in [-0.4, -0.2) is 31.4 Å². The van der Waals surface area contributed by atoms with Crippen molar-refractivity contribution < 1.29 is 23.9 Å². The predicted octanol–water partition coefficient (Wildman–Crippen LogP) is 4.36. The van der Waals surface area contributed by atoms with Crippen LogP contribution in [0.1, 0.15) is 90.4 Å². The van der Waals surface area contributed by atoms with E-state index in [-0.39, 0.29) is 11.9 Å². The van der Waals surface area contributed by atoms with Crippen molar-refractivity contribution in [3.05, 3.63) is 0 Å². The molecule has 0 rings (SSSR count). The van der Waals surface area contributed by atoms with Crippen molar-refractivity contribution in [3.8, 4) is 0 Å². The van der Waals surface area contributed by atoms with Gasteiger partial charge in [-0.25, -0.2) is 0 Å². The first-order valence-corrected chi connectivity index (χ1v) is 9.28. The van der Waals surface area contributed by atoms with Crippen molar-refractivity contribution in [1.82, 2.24) is 0 Å². The molecule has 0 heterocycles. The maximum Gasteiger partial charge on any atom is 0.305 e. The quantitative estimate of drug-likeness (QED) is 0.308. The first-order valence-electron chi connectivity index (χ1n) is 9.28. The van der Waals surface area contributed by atoms with Crippen molar-refractivity contribution in [3.63, 3.8) is 0 Å². The number of ketones is 1. The number of carbonyl (C=O) groups is 3. The number of ether oxygens (including phenoxy) is 2. The Morgan fingerprint density at radius 1 is 0.667 bits per heavy atom. The van der Waals surface area contributed by atoms with Gasteiger partial charge in [-0.1, -0.05) is 38.5 Å². The van der Waals surface area contributed by atoms with E-state index in [2.05, 4.69) is 4.74 Å². The fourth-order valence-corrected chi connectivity index (χ4v) is 2.52. The smallest absolute Gasteiger partial charge is 0.305 e. The van der Waals surface area contributed by atoms with Gasteiger partial charge in [0.1, 0.15) is 5.78 Å². The third-order valence-corrected chi connectivity index (χ3v) is 3.97. The molecule has 0 radical (unpaired) electrons. The summed E-state index contributed by atoms with van der Waals surface area (Å²) in [5, 5.41) is 0. The van der Waals surface area contributed by atoms with Gasteiger partial charge < -0.3 is 9.47 Å². The molecular weight excluding hydrogens is 308 g/mol. The average Bonchev–Trinajstić information content (AvgIpc) is 2.55. The lowest BCUT2D eigenvalue weighted by molar-refractivity contribution is -0.141. The first-order chi connectivity index (χ1) is 11.6. The molecule has 0 saturated heterocycles. The number of esters is 2. The Kier molecular flexibility index (Phi) is 15.5. The molecule has 5 heteroatoms. The highest BCUT2D eigenvalue weighted by molar-refractivity contribution is 5.78. The highest BCUT2D eigenvalue weighted by Crippen LogP contribution is 2.11. The molecule has 0 aliphatic carbocycles. The second-order valence-electron chi connectivity index (χ2n) is 6.24. The molecule has 0 aliphatic rings. The van der Waals surface area contributed by atoms with Gasteiger partial charge in [0.2, 0.25) is 0 Å². The Bertz CT molecular complexity index is 352. The molecule has 0 unspecified atom stereocenters. The van der Waals surface area contributed by atoms with Crippen LogP contribution in [0.25, 0.3) is 0 Å². The first kappa shape index (κ1) is 22.6. The fraction of sp³-hybridized carbons (Fsp3) is 0.842. The van der Waals surface area contributed by atoms with Gasteiger partial charge in [-0.15, -0.1) is 0 Å². The summed E-state index contributed by atoms with van der Waals surface area (Å²) in [6.07, 6.45) is 11.9. The molecule has 140 valence electrons. The van der Waals surface area contributed by atoms with Crippen molar-refractivity contribution in [2.75, 3.05) is 13.7 Å². The van der Waals surface area contributed by atoms with Gasteiger partial charge in [0, 0.05) is 26.2 Å². The van der Waals surface area contributed by atoms with Crippen LogP contribution in [-0.2, 0) is 23.9 Å².